The zero-order chi connectivity index (χ0) is 19.7. The molecule has 0 radical (unpaired) electrons. The van der Waals surface area contributed by atoms with Crippen molar-refractivity contribution in [3.8, 4) is 5.75 Å². The van der Waals surface area contributed by atoms with Gasteiger partial charge in [0, 0.05) is 0 Å². The molecule has 1 aliphatic carbocycles. The molecule has 1 aromatic carbocycles. The van der Waals surface area contributed by atoms with Crippen LogP contribution in [0, 0.1) is 11.8 Å². The Morgan fingerprint density at radius 3 is 2.04 bits per heavy atom. The highest BCUT2D eigenvalue weighted by molar-refractivity contribution is 5.72. The second-order valence-electron chi connectivity index (χ2n) is 8.10. The fourth-order valence-corrected chi connectivity index (χ4v) is 3.16. The van der Waals surface area contributed by atoms with E-state index in [4.69, 9.17) is 9.84 Å². The number of hydrogen-bond acceptors (Lipinski definition) is 3. The van der Waals surface area contributed by atoms with Crippen LogP contribution in [0.3, 0.4) is 0 Å². The molecule has 3 nitrogen and oxygen atoms in total. The molecular weight excluding hydrogens is 324 g/mol. The van der Waals surface area contributed by atoms with Gasteiger partial charge in [0.25, 0.3) is 0 Å². The zero-order valence-corrected chi connectivity index (χ0v) is 17.5. The Morgan fingerprint density at radius 1 is 1.08 bits per heavy atom. The average molecular weight is 363 g/mol. The molecule has 26 heavy (non-hydrogen) atoms. The molecule has 0 bridgehead atoms. The van der Waals surface area contributed by atoms with Crippen LogP contribution in [0.25, 0.3) is 0 Å². The number of aromatic hydroxyl groups is 1. The molecule has 0 saturated heterocycles. The van der Waals surface area contributed by atoms with Crippen LogP contribution in [0.15, 0.2) is 24.3 Å². The minimum Gasteiger partial charge on any atom is -0.508 e. The second kappa shape index (κ2) is 10.6. The highest BCUT2D eigenvalue weighted by Crippen LogP contribution is 2.36. The van der Waals surface area contributed by atoms with E-state index in [0.29, 0.717) is 17.6 Å². The lowest BCUT2D eigenvalue weighted by Crippen LogP contribution is -2.34. The van der Waals surface area contributed by atoms with E-state index in [1.165, 1.54) is 18.4 Å². The number of carbonyl (C=O) groups is 1. The molecule has 2 rings (SSSR count). The minimum atomic E-state index is -0.125. The van der Waals surface area contributed by atoms with Gasteiger partial charge in [-0.05, 0) is 68.1 Å². The predicted molar refractivity (Wildman–Crippen MR) is 108 cm³/mol. The topological polar surface area (TPSA) is 46.5 Å². The van der Waals surface area contributed by atoms with Gasteiger partial charge in [-0.15, -0.1) is 0 Å². The number of carbonyl (C=O) groups excluding carboxylic acids is 1. The molecule has 2 atom stereocenters. The maximum atomic E-state index is 11.9. The molecular formula is C23H38O3. The van der Waals surface area contributed by atoms with Gasteiger partial charge in [-0.3, -0.25) is 4.79 Å². The molecule has 1 aliphatic rings. The zero-order valence-electron chi connectivity index (χ0n) is 17.5. The summed E-state index contributed by atoms with van der Waals surface area (Å²) >= 11 is 0. The standard InChI is InChI=1S/C13H24O2.C10H14O/c1-5-13(8-6-7-9-13)15-12(14)11(4)10(2)3;1-3-8(2)9-4-6-10(11)7-5-9/h10-11H,5-9H2,1-4H3;4-8,11H,3H2,1-2H3. The largest absolute Gasteiger partial charge is 0.508 e. The van der Waals surface area contributed by atoms with E-state index in [2.05, 4.69) is 34.6 Å². The first-order valence-electron chi connectivity index (χ1n) is 10.3. The first-order valence-corrected chi connectivity index (χ1v) is 10.3. The third kappa shape index (κ3) is 6.66. The highest BCUT2D eigenvalue weighted by atomic mass is 16.6. The van der Waals surface area contributed by atoms with E-state index in [1.807, 2.05) is 19.1 Å². The normalized spacial score (nSPS) is 18.0. The molecule has 0 heterocycles. The van der Waals surface area contributed by atoms with Crippen molar-refractivity contribution in [2.75, 3.05) is 0 Å². The summed E-state index contributed by atoms with van der Waals surface area (Å²) in [6.07, 6.45) is 6.63. The van der Waals surface area contributed by atoms with Gasteiger partial charge in [0.05, 0.1) is 5.92 Å². The number of phenolic OH excluding ortho intramolecular Hbond substituents is 1. The third-order valence-corrected chi connectivity index (χ3v) is 5.92. The molecule has 0 aliphatic heterocycles. The number of phenols is 1. The predicted octanol–water partition coefficient (Wildman–Crippen LogP) is 6.45. The lowest BCUT2D eigenvalue weighted by atomic mass is 9.95. The summed E-state index contributed by atoms with van der Waals surface area (Å²) < 4.78 is 5.73. The second-order valence-corrected chi connectivity index (χ2v) is 8.10. The van der Waals surface area contributed by atoms with Crippen LogP contribution in [-0.2, 0) is 9.53 Å². The molecule has 1 fully saturated rings. The van der Waals surface area contributed by atoms with E-state index < -0.39 is 0 Å². The van der Waals surface area contributed by atoms with Crippen molar-refractivity contribution in [2.24, 2.45) is 11.8 Å². The van der Waals surface area contributed by atoms with Crippen molar-refractivity contribution in [2.45, 2.75) is 91.6 Å². The molecule has 2 unspecified atom stereocenters. The summed E-state index contributed by atoms with van der Waals surface area (Å²) in [6.45, 7) is 12.6. The number of esters is 1. The SMILES string of the molecule is CCC(C)c1ccc(O)cc1.CCC1(OC(=O)C(C)C(C)C)CCCC1. The quantitative estimate of drug-likeness (QED) is 0.591. The highest BCUT2D eigenvalue weighted by Gasteiger charge is 2.37. The third-order valence-electron chi connectivity index (χ3n) is 5.92. The van der Waals surface area contributed by atoms with Gasteiger partial charge < -0.3 is 9.84 Å². The van der Waals surface area contributed by atoms with Crippen molar-refractivity contribution in [1.82, 2.24) is 0 Å². The van der Waals surface area contributed by atoms with Crippen LogP contribution in [0.5, 0.6) is 5.75 Å². The Kier molecular flexibility index (Phi) is 9.18. The molecule has 1 N–H and O–H groups in total. The monoisotopic (exact) mass is 362 g/mol. The van der Waals surface area contributed by atoms with Crippen LogP contribution >= 0.6 is 0 Å². The van der Waals surface area contributed by atoms with Crippen molar-refractivity contribution in [3.05, 3.63) is 29.8 Å². The van der Waals surface area contributed by atoms with E-state index in [-0.39, 0.29) is 17.5 Å². The lowest BCUT2D eigenvalue weighted by Gasteiger charge is -2.30. The van der Waals surface area contributed by atoms with Crippen molar-refractivity contribution < 1.29 is 14.6 Å². The molecule has 1 aromatic rings. The summed E-state index contributed by atoms with van der Waals surface area (Å²) in [7, 11) is 0. The van der Waals surface area contributed by atoms with E-state index in [0.717, 1.165) is 25.7 Å². The maximum absolute atomic E-state index is 11.9. The minimum absolute atomic E-state index is 0.00579. The first-order chi connectivity index (χ1) is 12.2. The first kappa shape index (κ1) is 22.5. The summed E-state index contributed by atoms with van der Waals surface area (Å²) in [5.74, 6) is 1.32. The van der Waals surface area contributed by atoms with E-state index in [9.17, 15) is 4.79 Å². The van der Waals surface area contributed by atoms with Gasteiger partial charge in [-0.2, -0.15) is 0 Å². The molecule has 0 amide bonds. The van der Waals surface area contributed by atoms with Crippen LogP contribution in [0.1, 0.15) is 91.5 Å². The molecule has 0 aromatic heterocycles. The smallest absolute Gasteiger partial charge is 0.309 e. The van der Waals surface area contributed by atoms with Gasteiger partial charge in [-0.1, -0.05) is 53.7 Å². The Bertz CT molecular complexity index is 527. The summed E-state index contributed by atoms with van der Waals surface area (Å²) in [5.41, 5.74) is 1.17. The van der Waals surface area contributed by atoms with Gasteiger partial charge in [0.1, 0.15) is 11.4 Å². The Hall–Kier alpha value is -1.51. The van der Waals surface area contributed by atoms with E-state index >= 15 is 0 Å². The van der Waals surface area contributed by atoms with Crippen LogP contribution in [0.2, 0.25) is 0 Å². The Labute approximate surface area is 160 Å². The Morgan fingerprint density at radius 2 is 1.62 bits per heavy atom. The summed E-state index contributed by atoms with van der Waals surface area (Å²) in [6, 6.07) is 7.43. The number of benzene rings is 1. The molecule has 148 valence electrons. The molecule has 3 heteroatoms. The average Bonchev–Trinajstić information content (AvgIpc) is 3.10. The van der Waals surface area contributed by atoms with Crippen LogP contribution in [-0.4, -0.2) is 16.7 Å². The fraction of sp³-hybridized carbons (Fsp3) is 0.696. The van der Waals surface area contributed by atoms with Crippen molar-refractivity contribution in [1.29, 1.82) is 0 Å². The van der Waals surface area contributed by atoms with Gasteiger partial charge >= 0.3 is 5.97 Å². The number of ether oxygens (including phenoxy) is 1. The lowest BCUT2D eigenvalue weighted by molar-refractivity contribution is -0.165. The Balaban J connectivity index is 0.000000273. The molecule has 0 spiro atoms. The van der Waals surface area contributed by atoms with Gasteiger partial charge in [0.2, 0.25) is 0 Å². The maximum Gasteiger partial charge on any atom is 0.309 e. The number of hydrogen-bond donors (Lipinski definition) is 1. The van der Waals surface area contributed by atoms with Crippen molar-refractivity contribution in [3.63, 3.8) is 0 Å². The fourth-order valence-electron chi connectivity index (χ4n) is 3.16. The molecule has 1 saturated carbocycles. The van der Waals surface area contributed by atoms with Crippen LogP contribution < -0.4 is 0 Å². The summed E-state index contributed by atoms with van der Waals surface area (Å²) in [5, 5.41) is 9.01. The van der Waals surface area contributed by atoms with Crippen molar-refractivity contribution >= 4 is 5.97 Å². The van der Waals surface area contributed by atoms with Gasteiger partial charge in [0.15, 0.2) is 0 Å². The van der Waals surface area contributed by atoms with Crippen LogP contribution in [0.4, 0.5) is 0 Å². The van der Waals surface area contributed by atoms with Gasteiger partial charge in [-0.25, -0.2) is 0 Å². The number of rotatable bonds is 6. The van der Waals surface area contributed by atoms with E-state index in [1.54, 1.807) is 12.1 Å². The summed E-state index contributed by atoms with van der Waals surface area (Å²) in [4.78, 5) is 11.9.